The van der Waals surface area contributed by atoms with Crippen LogP contribution in [0.4, 0.5) is 8.78 Å². The molecule has 2 rings (SSSR count). The Bertz CT molecular complexity index is 518. The van der Waals surface area contributed by atoms with Gasteiger partial charge in [-0.2, -0.15) is 0 Å². The first-order chi connectivity index (χ1) is 8.86. The average molecular weight is 268 g/mol. The van der Waals surface area contributed by atoms with Gasteiger partial charge in [-0.25, -0.2) is 8.78 Å². The largest absolute Gasteiger partial charge is 0.338 e. The number of benzene rings is 1. The standard InChI is InChI=1S/C14H18F2N2O/c1-9-5-10(12(16)6-11(9)15)13(19)18-4-3-14(2,7-17)8-18/h5-6H,3-4,7-8,17H2,1-2H3. The van der Waals surface area contributed by atoms with Crippen LogP contribution in [0.1, 0.15) is 29.3 Å². The van der Waals surface area contributed by atoms with E-state index in [9.17, 15) is 13.6 Å². The number of nitrogens with zero attached hydrogens (tertiary/aromatic N) is 1. The van der Waals surface area contributed by atoms with Crippen molar-refractivity contribution in [1.82, 2.24) is 4.90 Å². The summed E-state index contributed by atoms with van der Waals surface area (Å²) >= 11 is 0. The Morgan fingerprint density at radius 1 is 1.42 bits per heavy atom. The van der Waals surface area contributed by atoms with E-state index in [-0.39, 0.29) is 16.5 Å². The maximum absolute atomic E-state index is 13.7. The van der Waals surface area contributed by atoms with E-state index >= 15 is 0 Å². The zero-order chi connectivity index (χ0) is 14.2. The van der Waals surface area contributed by atoms with Crippen LogP contribution in [0.15, 0.2) is 12.1 Å². The first kappa shape index (κ1) is 13.9. The summed E-state index contributed by atoms with van der Waals surface area (Å²) in [6.07, 6.45) is 0.803. The van der Waals surface area contributed by atoms with Crippen molar-refractivity contribution in [3.8, 4) is 0 Å². The van der Waals surface area contributed by atoms with E-state index in [4.69, 9.17) is 5.73 Å². The second-order valence-electron chi connectivity index (χ2n) is 5.57. The maximum Gasteiger partial charge on any atom is 0.256 e. The van der Waals surface area contributed by atoms with Crippen LogP contribution in [0.5, 0.6) is 0 Å². The molecular weight excluding hydrogens is 250 g/mol. The van der Waals surface area contributed by atoms with Gasteiger partial charge in [-0.15, -0.1) is 0 Å². The number of hydrogen-bond acceptors (Lipinski definition) is 2. The normalized spacial score (nSPS) is 22.9. The van der Waals surface area contributed by atoms with Crippen LogP contribution in [0.2, 0.25) is 0 Å². The lowest BCUT2D eigenvalue weighted by Gasteiger charge is -2.22. The topological polar surface area (TPSA) is 46.3 Å². The molecule has 0 aromatic heterocycles. The Labute approximate surface area is 111 Å². The number of hydrogen-bond donors (Lipinski definition) is 1. The predicted molar refractivity (Wildman–Crippen MR) is 68.8 cm³/mol. The lowest BCUT2D eigenvalue weighted by Crippen LogP contribution is -2.34. The van der Waals surface area contributed by atoms with Crippen molar-refractivity contribution in [2.24, 2.45) is 11.1 Å². The van der Waals surface area contributed by atoms with Gasteiger partial charge in [0.15, 0.2) is 0 Å². The van der Waals surface area contributed by atoms with Crippen LogP contribution in [0.3, 0.4) is 0 Å². The van der Waals surface area contributed by atoms with Crippen molar-refractivity contribution in [3.05, 3.63) is 34.9 Å². The van der Waals surface area contributed by atoms with Gasteiger partial charge in [-0.1, -0.05) is 6.92 Å². The molecule has 1 unspecified atom stereocenters. The fourth-order valence-electron chi connectivity index (χ4n) is 2.36. The second kappa shape index (κ2) is 4.89. The van der Waals surface area contributed by atoms with Gasteiger partial charge in [0.1, 0.15) is 11.6 Å². The van der Waals surface area contributed by atoms with Crippen molar-refractivity contribution in [1.29, 1.82) is 0 Å². The van der Waals surface area contributed by atoms with Crippen molar-refractivity contribution < 1.29 is 13.6 Å². The number of rotatable bonds is 2. The summed E-state index contributed by atoms with van der Waals surface area (Å²) in [5.41, 5.74) is 5.77. The molecule has 0 saturated carbocycles. The zero-order valence-electron chi connectivity index (χ0n) is 11.2. The third-order valence-corrected chi connectivity index (χ3v) is 3.82. The Kier molecular flexibility index (Phi) is 3.58. The average Bonchev–Trinajstić information content (AvgIpc) is 2.77. The summed E-state index contributed by atoms with van der Waals surface area (Å²) in [7, 11) is 0. The van der Waals surface area contributed by atoms with Crippen molar-refractivity contribution >= 4 is 5.91 Å². The molecule has 0 spiro atoms. The number of aryl methyl sites for hydroxylation is 1. The second-order valence-corrected chi connectivity index (χ2v) is 5.57. The van der Waals surface area contributed by atoms with Crippen LogP contribution >= 0.6 is 0 Å². The van der Waals surface area contributed by atoms with Crippen molar-refractivity contribution in [2.45, 2.75) is 20.3 Å². The molecule has 2 N–H and O–H groups in total. The first-order valence-electron chi connectivity index (χ1n) is 6.31. The number of amides is 1. The van der Waals surface area contributed by atoms with Gasteiger partial charge in [0.05, 0.1) is 5.56 Å². The fourth-order valence-corrected chi connectivity index (χ4v) is 2.36. The number of carbonyl (C=O) groups is 1. The van der Waals surface area contributed by atoms with E-state index in [1.807, 2.05) is 6.92 Å². The van der Waals surface area contributed by atoms with Crippen LogP contribution in [-0.4, -0.2) is 30.4 Å². The van der Waals surface area contributed by atoms with E-state index in [1.165, 1.54) is 13.0 Å². The molecule has 1 aromatic carbocycles. The molecular formula is C14H18F2N2O. The molecule has 1 aromatic rings. The Balaban J connectivity index is 2.24. The molecule has 0 radical (unpaired) electrons. The molecule has 1 aliphatic heterocycles. The number of carbonyl (C=O) groups excluding carboxylic acids is 1. The van der Waals surface area contributed by atoms with E-state index in [0.29, 0.717) is 19.6 Å². The quantitative estimate of drug-likeness (QED) is 0.892. The van der Waals surface area contributed by atoms with Crippen molar-refractivity contribution in [3.63, 3.8) is 0 Å². The van der Waals surface area contributed by atoms with Gasteiger partial charge in [0.25, 0.3) is 5.91 Å². The summed E-state index contributed by atoms with van der Waals surface area (Å²) in [6.45, 7) is 5.08. The van der Waals surface area contributed by atoms with E-state index in [2.05, 4.69) is 0 Å². The minimum Gasteiger partial charge on any atom is -0.338 e. The highest BCUT2D eigenvalue weighted by atomic mass is 19.1. The lowest BCUT2D eigenvalue weighted by molar-refractivity contribution is 0.0772. The molecule has 1 saturated heterocycles. The van der Waals surface area contributed by atoms with Gasteiger partial charge < -0.3 is 10.6 Å². The molecule has 0 aliphatic carbocycles. The number of likely N-dealkylation sites (tertiary alicyclic amines) is 1. The number of nitrogens with two attached hydrogens (primary N) is 1. The predicted octanol–water partition coefficient (Wildman–Crippen LogP) is 2.08. The maximum atomic E-state index is 13.7. The number of halogens is 2. The van der Waals surface area contributed by atoms with Crippen LogP contribution in [0, 0.1) is 24.0 Å². The molecule has 1 heterocycles. The SMILES string of the molecule is Cc1cc(C(=O)N2CCC(C)(CN)C2)c(F)cc1F. The van der Waals surface area contributed by atoms with Gasteiger partial charge in [-0.3, -0.25) is 4.79 Å². The molecule has 1 amide bonds. The monoisotopic (exact) mass is 268 g/mol. The summed E-state index contributed by atoms with van der Waals surface area (Å²) in [6, 6.07) is 2.03. The molecule has 19 heavy (non-hydrogen) atoms. The van der Waals surface area contributed by atoms with Crippen LogP contribution < -0.4 is 5.73 Å². The van der Waals surface area contributed by atoms with Gasteiger partial charge >= 0.3 is 0 Å². The molecule has 104 valence electrons. The Morgan fingerprint density at radius 3 is 2.68 bits per heavy atom. The van der Waals surface area contributed by atoms with Gasteiger partial charge in [0.2, 0.25) is 0 Å². The fraction of sp³-hybridized carbons (Fsp3) is 0.500. The van der Waals surface area contributed by atoms with E-state index < -0.39 is 17.5 Å². The highest BCUT2D eigenvalue weighted by molar-refractivity contribution is 5.95. The summed E-state index contributed by atoms with van der Waals surface area (Å²) in [4.78, 5) is 13.8. The van der Waals surface area contributed by atoms with Gasteiger partial charge in [-0.05, 0) is 36.9 Å². The van der Waals surface area contributed by atoms with E-state index in [0.717, 1.165) is 12.5 Å². The van der Waals surface area contributed by atoms with Crippen LogP contribution in [0.25, 0.3) is 0 Å². The molecule has 1 atom stereocenters. The smallest absolute Gasteiger partial charge is 0.256 e. The molecule has 1 fully saturated rings. The van der Waals surface area contributed by atoms with Gasteiger partial charge in [0, 0.05) is 19.2 Å². The molecule has 1 aliphatic rings. The highest BCUT2D eigenvalue weighted by Gasteiger charge is 2.35. The Morgan fingerprint density at radius 2 is 2.11 bits per heavy atom. The Hall–Kier alpha value is -1.49. The lowest BCUT2D eigenvalue weighted by atomic mass is 9.90. The first-order valence-corrected chi connectivity index (χ1v) is 6.31. The zero-order valence-corrected chi connectivity index (χ0v) is 11.2. The summed E-state index contributed by atoms with van der Waals surface area (Å²) in [5.74, 6) is -1.84. The van der Waals surface area contributed by atoms with E-state index in [1.54, 1.807) is 4.90 Å². The third-order valence-electron chi connectivity index (χ3n) is 3.82. The molecule has 3 nitrogen and oxygen atoms in total. The van der Waals surface area contributed by atoms with Crippen molar-refractivity contribution in [2.75, 3.05) is 19.6 Å². The minimum absolute atomic E-state index is 0.0693. The molecule has 0 bridgehead atoms. The highest BCUT2D eigenvalue weighted by Crippen LogP contribution is 2.30. The third kappa shape index (κ3) is 2.61. The summed E-state index contributed by atoms with van der Waals surface area (Å²) < 4.78 is 26.9. The summed E-state index contributed by atoms with van der Waals surface area (Å²) in [5, 5.41) is 0. The minimum atomic E-state index is -0.811. The molecule has 5 heteroatoms. The van der Waals surface area contributed by atoms with Crippen LogP contribution in [-0.2, 0) is 0 Å².